The molecule has 0 radical (unpaired) electrons. The first-order valence-corrected chi connectivity index (χ1v) is 48.2. The first kappa shape index (κ1) is 80.8. The van der Waals surface area contributed by atoms with Crippen molar-refractivity contribution in [3.8, 4) is 111 Å². The first-order valence-electron chi connectivity index (χ1n) is 47.4. The van der Waals surface area contributed by atoms with E-state index in [1.165, 1.54) is 209 Å². The average molecular weight is 1810 g/mol. The maximum atomic E-state index is 4.03. The minimum absolute atomic E-state index is 0.427. The molecule has 24 aromatic carbocycles. The van der Waals surface area contributed by atoms with E-state index in [-0.39, 0.29) is 0 Å². The van der Waals surface area contributed by atoms with Gasteiger partial charge in [-0.2, -0.15) is 0 Å². The number of anilines is 5. The number of benzene rings is 24. The van der Waals surface area contributed by atoms with E-state index in [0.29, 0.717) is 0 Å². The maximum absolute atomic E-state index is 4.03. The van der Waals surface area contributed by atoms with Gasteiger partial charge in [0.05, 0.1) is 22.2 Å². The molecule has 0 amide bonds. The Bertz CT molecular complexity index is 8770. The van der Waals surface area contributed by atoms with Gasteiger partial charge in [-0.3, -0.25) is 0 Å². The first-order chi connectivity index (χ1) is 67.9. The van der Waals surface area contributed by atoms with E-state index < -0.39 is 10.8 Å². The number of hydrogen-bond acceptors (Lipinski definition) is 2. The van der Waals surface area contributed by atoms with Crippen LogP contribution in [0, 0.1) is 0 Å². The maximum Gasteiger partial charge on any atom is 0.0726 e. The van der Waals surface area contributed by atoms with E-state index in [1.54, 1.807) is 0 Å². The van der Waals surface area contributed by atoms with Gasteiger partial charge in [0.25, 0.3) is 0 Å². The quantitative estimate of drug-likeness (QED) is 0.130. The van der Waals surface area contributed by atoms with Crippen molar-refractivity contribution in [3.05, 3.63) is 571 Å². The van der Waals surface area contributed by atoms with E-state index >= 15 is 0 Å². The van der Waals surface area contributed by atoms with Crippen molar-refractivity contribution < 1.29 is 0 Å². The fourth-order valence-corrected chi connectivity index (χ4v) is 23.9. The van der Waals surface area contributed by atoms with E-state index in [9.17, 15) is 0 Å². The molecule has 4 aliphatic carbocycles. The van der Waals surface area contributed by atoms with Crippen LogP contribution in [0.3, 0.4) is 0 Å². The Labute approximate surface area is 805 Å². The number of para-hydroxylation sites is 1. The number of halogens is 1. The second-order valence-corrected chi connectivity index (χ2v) is 37.2. The third-order valence-corrected chi connectivity index (χ3v) is 30.0. The normalized spacial score (nSPS) is 12.7. The standard InChI is InChI=1S/C67H43N.C55H35N.C12H9Br/c1-3-19-44(20-4-1)45-35-37-47(38-36-45)58-42-60-57-30-13-17-33-63(57)67(61-31-15-11-28-55(61)56-29-12-16-32-62(56)67)64(60)43-66(58)68(65-34-18-14-23-49(65)46-21-5-2-6-22-46)48-39-40-54-52-26-8-7-24-50(52)51-25-9-10-27-53(51)59(54)41-48;1-2-14-35(15-3-1)36-26-28-37(29-27-36)47-33-49-46-22-10-13-25-52(46)55(50-23-11-8-20-44(50)45-21-9-12-24-51(45)55)53(49)34-54(47)56-38-30-31-43-41-18-5-4-16-39(41)40-17-6-7-19-42(40)48(43)32-38;13-12-9-5-4-8-11(12)10-6-2-1-3-7-10/h1-43H;1-34,56H;1-9H. The highest BCUT2D eigenvalue weighted by molar-refractivity contribution is 9.10. The number of nitrogens with one attached hydrogen (secondary N) is 1. The molecule has 28 rings (SSSR count). The number of rotatable bonds is 11. The summed E-state index contributed by atoms with van der Waals surface area (Å²) in [5, 5.41) is 19.2. The van der Waals surface area contributed by atoms with Crippen LogP contribution in [0.25, 0.3) is 176 Å². The van der Waals surface area contributed by atoms with Crippen LogP contribution in [0.1, 0.15) is 44.5 Å². The summed E-state index contributed by atoms with van der Waals surface area (Å²) in [6, 6.07) is 192. The van der Waals surface area contributed by atoms with Crippen molar-refractivity contribution in [2.24, 2.45) is 0 Å². The largest absolute Gasteiger partial charge is 0.355 e. The molecule has 0 aliphatic heterocycles. The summed E-state index contributed by atoms with van der Waals surface area (Å²) >= 11 is 3.53. The highest BCUT2D eigenvalue weighted by Gasteiger charge is 2.54. The van der Waals surface area contributed by atoms with Gasteiger partial charge in [-0.05, 0) is 264 Å². The molecular formula is C134H87BrN2. The molecule has 0 aromatic heterocycles. The van der Waals surface area contributed by atoms with Gasteiger partial charge in [0.1, 0.15) is 0 Å². The van der Waals surface area contributed by atoms with Crippen LogP contribution in [-0.2, 0) is 10.8 Å². The van der Waals surface area contributed by atoms with Crippen molar-refractivity contribution in [3.63, 3.8) is 0 Å². The second-order valence-electron chi connectivity index (χ2n) is 36.4. The van der Waals surface area contributed by atoms with Gasteiger partial charge in [-0.1, -0.05) is 477 Å². The lowest BCUT2D eigenvalue weighted by molar-refractivity contribution is 0.794. The molecule has 0 saturated heterocycles. The summed E-state index contributed by atoms with van der Waals surface area (Å²) in [6.45, 7) is 0. The Morgan fingerprint density at radius 2 is 0.438 bits per heavy atom. The summed E-state index contributed by atoms with van der Waals surface area (Å²) in [7, 11) is 0. The van der Waals surface area contributed by atoms with Crippen molar-refractivity contribution >= 4 is 109 Å². The van der Waals surface area contributed by atoms with Crippen LogP contribution in [-0.4, -0.2) is 0 Å². The Balaban J connectivity index is 0.000000127. The monoisotopic (exact) mass is 1800 g/mol. The zero-order valence-corrected chi connectivity index (χ0v) is 76.6. The van der Waals surface area contributed by atoms with Gasteiger partial charge in [0.15, 0.2) is 0 Å². The average Bonchev–Trinajstić information content (AvgIpc) is 1.51. The molecule has 0 unspecified atom stereocenters. The summed E-state index contributed by atoms with van der Waals surface area (Å²) in [4.78, 5) is 2.57. The SMILES string of the molecule is Brc1ccccc1-c1ccccc1.c1ccc(-c2ccc(-c3cc4c(cc3N(c3ccc5c6ccccc6c6ccccc6c5c3)c3ccccc3-c3ccccc3)C3(c5ccccc5-c5ccccc53)c3ccccc3-4)cc2)cc1.c1ccc(-c2ccc(-c3cc4c(cc3Nc3ccc5c6ccccc6c6ccccc6c5c3)C3(c5ccccc5-c5ccccc53)c3ccccc3-4)cc2)cc1. The van der Waals surface area contributed by atoms with Crippen molar-refractivity contribution in [2.75, 3.05) is 10.2 Å². The van der Waals surface area contributed by atoms with Gasteiger partial charge in [-0.25, -0.2) is 0 Å². The molecule has 0 atom stereocenters. The van der Waals surface area contributed by atoms with E-state index in [1.807, 2.05) is 18.2 Å². The predicted molar refractivity (Wildman–Crippen MR) is 582 cm³/mol. The lowest BCUT2D eigenvalue weighted by Crippen LogP contribution is -2.26. The van der Waals surface area contributed by atoms with Gasteiger partial charge in [-0.15, -0.1) is 0 Å². The lowest BCUT2D eigenvalue weighted by atomic mass is 9.70. The van der Waals surface area contributed by atoms with Gasteiger partial charge < -0.3 is 10.2 Å². The van der Waals surface area contributed by atoms with Gasteiger partial charge in [0.2, 0.25) is 0 Å². The second kappa shape index (κ2) is 33.3. The van der Waals surface area contributed by atoms with Crippen LogP contribution in [0.4, 0.5) is 28.4 Å². The van der Waals surface area contributed by atoms with E-state index in [0.717, 1.165) is 44.0 Å². The fraction of sp³-hybridized carbons (Fsp3) is 0.0149. The Kier molecular flexibility index (Phi) is 19.6. The smallest absolute Gasteiger partial charge is 0.0726 e. The third-order valence-electron chi connectivity index (χ3n) is 29.3. The molecule has 0 saturated carbocycles. The highest BCUT2D eigenvalue weighted by atomic mass is 79.9. The predicted octanol–water partition coefficient (Wildman–Crippen LogP) is 36.6. The minimum atomic E-state index is -0.521. The summed E-state index contributed by atoms with van der Waals surface area (Å²) in [5.74, 6) is 0. The molecule has 1 N–H and O–H groups in total. The molecule has 0 fully saturated rings. The molecule has 24 aromatic rings. The third kappa shape index (κ3) is 13.1. The Morgan fingerprint density at radius 3 is 0.854 bits per heavy atom. The van der Waals surface area contributed by atoms with Crippen molar-refractivity contribution in [1.29, 1.82) is 0 Å². The topological polar surface area (TPSA) is 15.3 Å². The van der Waals surface area contributed by atoms with E-state index in [2.05, 4.69) is 530 Å². The summed E-state index contributed by atoms with van der Waals surface area (Å²) in [5.41, 5.74) is 39.9. The lowest BCUT2D eigenvalue weighted by Gasteiger charge is -2.34. The summed E-state index contributed by atoms with van der Waals surface area (Å²) in [6.07, 6.45) is 0. The number of fused-ring (bicyclic) bond motifs is 32. The van der Waals surface area contributed by atoms with Crippen LogP contribution < -0.4 is 10.2 Å². The molecule has 0 bridgehead atoms. The van der Waals surface area contributed by atoms with Crippen LogP contribution >= 0.6 is 15.9 Å². The molecule has 0 heterocycles. The Hall–Kier alpha value is -17.1. The van der Waals surface area contributed by atoms with Gasteiger partial charge in [0, 0.05) is 38.2 Å². The molecule has 2 spiro atoms. The molecule has 137 heavy (non-hydrogen) atoms. The molecular weight excluding hydrogens is 1720 g/mol. The molecule has 3 heteroatoms. The highest BCUT2D eigenvalue weighted by Crippen LogP contribution is 2.67. The summed E-state index contributed by atoms with van der Waals surface area (Å²) < 4.78 is 1.14. The van der Waals surface area contributed by atoms with Crippen LogP contribution in [0.2, 0.25) is 0 Å². The molecule has 4 aliphatic rings. The Morgan fingerprint density at radius 1 is 0.161 bits per heavy atom. The molecule has 2 nitrogen and oxygen atoms in total. The van der Waals surface area contributed by atoms with Crippen molar-refractivity contribution in [2.45, 2.75) is 10.8 Å². The fourth-order valence-electron chi connectivity index (χ4n) is 23.4. The zero-order valence-electron chi connectivity index (χ0n) is 75.0. The van der Waals surface area contributed by atoms with E-state index in [4.69, 9.17) is 0 Å². The van der Waals surface area contributed by atoms with Crippen LogP contribution in [0.5, 0.6) is 0 Å². The number of hydrogen-bond donors (Lipinski definition) is 1. The molecule has 640 valence electrons. The zero-order chi connectivity index (χ0) is 90.7. The number of nitrogens with zero attached hydrogens (tertiary/aromatic N) is 1. The van der Waals surface area contributed by atoms with Crippen molar-refractivity contribution in [1.82, 2.24) is 0 Å². The van der Waals surface area contributed by atoms with Gasteiger partial charge >= 0.3 is 0 Å². The minimum Gasteiger partial charge on any atom is -0.355 e. The van der Waals surface area contributed by atoms with Crippen LogP contribution in [0.15, 0.2) is 526 Å².